The van der Waals surface area contributed by atoms with Gasteiger partial charge in [-0.05, 0) is 30.7 Å². The van der Waals surface area contributed by atoms with E-state index < -0.39 is 9.06 Å². The third-order valence-corrected chi connectivity index (χ3v) is 2.07. The van der Waals surface area contributed by atoms with Gasteiger partial charge in [-0.2, -0.15) is 8.42 Å². The maximum atomic E-state index is 10.6. The van der Waals surface area contributed by atoms with Crippen molar-refractivity contribution in [1.82, 2.24) is 0 Å². The first-order chi connectivity index (χ1) is 5.47. The van der Waals surface area contributed by atoms with E-state index in [0.29, 0.717) is 5.69 Å². The second-order valence-electron chi connectivity index (χ2n) is 2.44. The van der Waals surface area contributed by atoms with Gasteiger partial charge < -0.3 is 0 Å². The lowest BCUT2D eigenvalue weighted by atomic mass is 10.2. The minimum absolute atomic E-state index is 0.524. The van der Waals surface area contributed by atoms with Crippen LogP contribution in [0.15, 0.2) is 24.3 Å². The lowest BCUT2D eigenvalue weighted by molar-refractivity contribution is 0.615. The van der Waals surface area contributed by atoms with Crippen molar-refractivity contribution in [1.29, 1.82) is 0 Å². The first-order valence-electron chi connectivity index (χ1n) is 3.29. The monoisotopic (exact) mass is 203 g/mol. The van der Waals surface area contributed by atoms with Gasteiger partial charge in [-0.15, -0.1) is 0 Å². The van der Waals surface area contributed by atoms with Crippen LogP contribution >= 0.6 is 11.7 Å². The van der Waals surface area contributed by atoms with Crippen LogP contribution in [0.2, 0.25) is 0 Å². The molecule has 0 saturated carbocycles. The Morgan fingerprint density at radius 1 is 1.25 bits per heavy atom. The van der Waals surface area contributed by atoms with Gasteiger partial charge in [0.05, 0.1) is 0 Å². The van der Waals surface area contributed by atoms with Crippen molar-refractivity contribution in [2.75, 3.05) is 4.72 Å². The Hall–Kier alpha value is -0.680. The molecule has 0 bridgehead atoms. The normalized spacial score (nSPS) is 11.2. The highest BCUT2D eigenvalue weighted by atomic mass is 33.1. The summed E-state index contributed by atoms with van der Waals surface area (Å²) in [6.45, 7) is 1.93. The SMILES string of the molecule is Cc1ccc(NS(=O)(=O)S)cc1. The molecule has 0 fully saturated rings. The van der Waals surface area contributed by atoms with E-state index in [1.165, 1.54) is 0 Å². The molecule has 0 saturated heterocycles. The van der Waals surface area contributed by atoms with Crippen molar-refractivity contribution in [3.63, 3.8) is 0 Å². The number of benzene rings is 1. The summed E-state index contributed by atoms with van der Waals surface area (Å²) in [6.07, 6.45) is 0. The van der Waals surface area contributed by atoms with Crippen molar-refractivity contribution >= 4 is 26.4 Å². The van der Waals surface area contributed by atoms with Gasteiger partial charge in [-0.1, -0.05) is 17.7 Å². The summed E-state index contributed by atoms with van der Waals surface area (Å²) >= 11 is 3.35. The first-order valence-corrected chi connectivity index (χ1v) is 5.83. The van der Waals surface area contributed by atoms with Gasteiger partial charge in [-0.25, -0.2) is 0 Å². The zero-order valence-corrected chi connectivity index (χ0v) is 8.19. The molecule has 66 valence electrons. The summed E-state index contributed by atoms with van der Waals surface area (Å²) in [6, 6.07) is 7.01. The number of thiol groups is 1. The topological polar surface area (TPSA) is 46.2 Å². The van der Waals surface area contributed by atoms with E-state index in [9.17, 15) is 8.42 Å². The molecule has 0 heterocycles. The van der Waals surface area contributed by atoms with Crippen molar-refractivity contribution in [2.45, 2.75) is 6.92 Å². The van der Waals surface area contributed by atoms with Crippen LogP contribution in [-0.2, 0) is 9.06 Å². The minimum Gasteiger partial charge on any atom is -0.275 e. The molecule has 0 unspecified atom stereocenters. The molecule has 12 heavy (non-hydrogen) atoms. The fraction of sp³-hybridized carbons (Fsp3) is 0.143. The number of nitrogens with one attached hydrogen (secondary N) is 1. The number of aryl methyl sites for hydroxylation is 1. The highest BCUT2D eigenvalue weighted by Crippen LogP contribution is 2.11. The van der Waals surface area contributed by atoms with Crippen LogP contribution in [0.3, 0.4) is 0 Å². The summed E-state index contributed by atoms with van der Waals surface area (Å²) in [7, 11) is -3.45. The van der Waals surface area contributed by atoms with Gasteiger partial charge in [0.2, 0.25) is 0 Å². The van der Waals surface area contributed by atoms with Crippen LogP contribution in [0.1, 0.15) is 5.56 Å². The fourth-order valence-corrected chi connectivity index (χ4v) is 1.52. The molecule has 1 aromatic carbocycles. The zero-order chi connectivity index (χ0) is 9.19. The van der Waals surface area contributed by atoms with Gasteiger partial charge in [-0.3, -0.25) is 4.72 Å². The largest absolute Gasteiger partial charge is 0.283 e. The zero-order valence-electron chi connectivity index (χ0n) is 6.48. The molecule has 1 rings (SSSR count). The van der Waals surface area contributed by atoms with E-state index in [1.807, 2.05) is 19.1 Å². The lowest BCUT2D eigenvalue weighted by Crippen LogP contribution is -2.03. The lowest BCUT2D eigenvalue weighted by Gasteiger charge is -2.01. The van der Waals surface area contributed by atoms with Crippen molar-refractivity contribution in [2.24, 2.45) is 0 Å². The van der Waals surface area contributed by atoms with Gasteiger partial charge in [0.1, 0.15) is 0 Å². The number of hydrogen-bond acceptors (Lipinski definition) is 2. The van der Waals surface area contributed by atoms with Crippen LogP contribution in [0.25, 0.3) is 0 Å². The summed E-state index contributed by atoms with van der Waals surface area (Å²) in [5.74, 6) is 0. The van der Waals surface area contributed by atoms with Crippen LogP contribution in [0.4, 0.5) is 5.69 Å². The third kappa shape index (κ3) is 3.15. The Bertz CT molecular complexity index is 355. The molecule has 3 nitrogen and oxygen atoms in total. The molecule has 1 N–H and O–H groups in total. The predicted octanol–water partition coefficient (Wildman–Crippen LogP) is 1.58. The Morgan fingerprint density at radius 3 is 2.17 bits per heavy atom. The maximum absolute atomic E-state index is 10.6. The smallest absolute Gasteiger partial charge is 0.275 e. The highest BCUT2D eigenvalue weighted by Gasteiger charge is 2.00. The number of rotatable bonds is 2. The standard InChI is InChI=1S/C7H9NO2S2/c1-6-2-4-7(5-3-6)8-12(9,10)11/h2-5,8H,1H3,(H,9,10,11). The average Bonchev–Trinajstić information content (AvgIpc) is 1.91. The summed E-state index contributed by atoms with van der Waals surface area (Å²) in [5.41, 5.74) is 1.60. The molecule has 5 heteroatoms. The number of anilines is 1. The van der Waals surface area contributed by atoms with Crippen LogP contribution < -0.4 is 4.72 Å². The van der Waals surface area contributed by atoms with Crippen LogP contribution in [0, 0.1) is 6.92 Å². The molecule has 0 aliphatic heterocycles. The molecule has 0 aliphatic carbocycles. The molecule has 1 aromatic rings. The van der Waals surface area contributed by atoms with E-state index in [1.54, 1.807) is 12.1 Å². The van der Waals surface area contributed by atoms with Crippen LogP contribution in [-0.4, -0.2) is 8.42 Å². The average molecular weight is 203 g/mol. The fourth-order valence-electron chi connectivity index (χ4n) is 0.771. The van der Waals surface area contributed by atoms with Gasteiger partial charge in [0.25, 0.3) is 9.06 Å². The van der Waals surface area contributed by atoms with Crippen molar-refractivity contribution in [3.8, 4) is 0 Å². The molecule has 0 aromatic heterocycles. The summed E-state index contributed by atoms with van der Waals surface area (Å²) < 4.78 is 23.5. The summed E-state index contributed by atoms with van der Waals surface area (Å²) in [4.78, 5) is 0. The third-order valence-electron chi connectivity index (χ3n) is 1.30. The van der Waals surface area contributed by atoms with E-state index in [2.05, 4.69) is 16.4 Å². The number of hydrogen-bond donors (Lipinski definition) is 2. The molecular formula is C7H9NO2S2. The van der Waals surface area contributed by atoms with E-state index in [4.69, 9.17) is 0 Å². The molecule has 0 spiro atoms. The maximum Gasteiger partial charge on any atom is 0.283 e. The molecule has 0 amide bonds. The van der Waals surface area contributed by atoms with E-state index >= 15 is 0 Å². The quantitative estimate of drug-likeness (QED) is 0.566. The van der Waals surface area contributed by atoms with E-state index in [-0.39, 0.29) is 0 Å². The Morgan fingerprint density at radius 2 is 1.75 bits per heavy atom. The molecule has 0 radical (unpaired) electrons. The molecular weight excluding hydrogens is 194 g/mol. The second kappa shape index (κ2) is 3.37. The highest BCUT2D eigenvalue weighted by molar-refractivity contribution is 8.64. The minimum atomic E-state index is -3.45. The predicted molar refractivity (Wildman–Crippen MR) is 52.7 cm³/mol. The van der Waals surface area contributed by atoms with Crippen molar-refractivity contribution in [3.05, 3.63) is 29.8 Å². The van der Waals surface area contributed by atoms with Crippen molar-refractivity contribution < 1.29 is 8.42 Å². The Kier molecular flexibility index (Phi) is 2.64. The Labute approximate surface area is 76.7 Å². The second-order valence-corrected chi connectivity index (χ2v) is 5.04. The first kappa shape index (κ1) is 9.41. The Balaban J connectivity index is 2.85. The molecule has 0 aliphatic rings. The van der Waals surface area contributed by atoms with Gasteiger partial charge in [0.15, 0.2) is 0 Å². The van der Waals surface area contributed by atoms with Crippen LogP contribution in [0.5, 0.6) is 0 Å². The van der Waals surface area contributed by atoms with Gasteiger partial charge in [0, 0.05) is 5.69 Å². The van der Waals surface area contributed by atoms with E-state index in [0.717, 1.165) is 5.56 Å². The summed E-state index contributed by atoms with van der Waals surface area (Å²) in [5, 5.41) is 0. The molecule has 0 atom stereocenters. The van der Waals surface area contributed by atoms with Gasteiger partial charge >= 0.3 is 0 Å².